The normalized spacial score (nSPS) is 14.7. The molecule has 6 atom stereocenters. The van der Waals surface area contributed by atoms with Gasteiger partial charge in [0.25, 0.3) is 11.6 Å². The highest BCUT2D eigenvalue weighted by atomic mass is 16.6. The Bertz CT molecular complexity index is 1730. The van der Waals surface area contributed by atoms with E-state index in [2.05, 4.69) is 20.6 Å². The smallest absolute Gasteiger partial charge is 0.408 e. The zero-order chi connectivity index (χ0) is 40.2. The number of imide groups is 1. The number of ether oxygens (including phenoxy) is 1. The molecule has 0 spiro atoms. The Balaban J connectivity index is 1.97. The van der Waals surface area contributed by atoms with E-state index < -0.39 is 82.9 Å². The lowest BCUT2D eigenvalue weighted by Gasteiger charge is -2.35. The predicted octanol–water partition coefficient (Wildman–Crippen LogP) is 2.66. The first-order valence-corrected chi connectivity index (χ1v) is 17.5. The summed E-state index contributed by atoms with van der Waals surface area (Å²) >= 11 is 0. The fourth-order valence-corrected chi connectivity index (χ4v) is 5.60. The number of carbonyl (C=O) groups is 5. The molecule has 1 heterocycles. The average Bonchev–Trinajstić information content (AvgIpc) is 3.62. The van der Waals surface area contributed by atoms with Crippen molar-refractivity contribution < 1.29 is 43.8 Å². The Morgan fingerprint density at radius 2 is 1.61 bits per heavy atom. The number of H-pyrrole nitrogens is 1. The molecule has 0 aliphatic carbocycles. The molecule has 1 unspecified atom stereocenters. The Kier molecular flexibility index (Phi) is 15.4. The summed E-state index contributed by atoms with van der Waals surface area (Å²) in [5.41, 5.74) is 6.66. The van der Waals surface area contributed by atoms with Crippen LogP contribution in [0.25, 0.3) is 0 Å². The van der Waals surface area contributed by atoms with Crippen molar-refractivity contribution in [2.24, 2.45) is 11.7 Å². The number of aromatic amines is 1. The van der Waals surface area contributed by atoms with Crippen molar-refractivity contribution in [2.75, 3.05) is 0 Å². The van der Waals surface area contributed by atoms with Gasteiger partial charge in [0.05, 0.1) is 29.5 Å². The number of carbonyl (C=O) groups excluding carboxylic acids is 4. The molecule has 0 bridgehead atoms. The zero-order valence-corrected chi connectivity index (χ0v) is 30.9. The number of nitrogens with one attached hydrogen (secondary N) is 3. The van der Waals surface area contributed by atoms with Gasteiger partial charge in [-0.05, 0) is 44.2 Å². The van der Waals surface area contributed by atoms with Gasteiger partial charge in [-0.1, -0.05) is 62.7 Å². The number of hydrogen-bond acceptors (Lipinski definition) is 11. The minimum absolute atomic E-state index is 0.000594. The summed E-state index contributed by atoms with van der Waals surface area (Å²) in [7, 11) is 0. The molecule has 3 rings (SSSR count). The summed E-state index contributed by atoms with van der Waals surface area (Å²) in [6, 6.07) is 8.57. The molecule has 54 heavy (non-hydrogen) atoms. The van der Waals surface area contributed by atoms with E-state index in [-0.39, 0.29) is 31.4 Å². The number of non-ortho nitro benzene ring substituents is 1. The monoisotopic (exact) mass is 751 g/mol. The minimum atomic E-state index is -1.70. The maximum absolute atomic E-state index is 14.5. The first kappa shape index (κ1) is 42.7. The van der Waals surface area contributed by atoms with Crippen molar-refractivity contribution in [2.45, 2.75) is 103 Å². The molecular weight excluding hydrogens is 702 g/mol. The molecule has 0 fully saturated rings. The van der Waals surface area contributed by atoms with Crippen LogP contribution in [-0.4, -0.2) is 95.7 Å². The molecule has 4 amide bonds. The summed E-state index contributed by atoms with van der Waals surface area (Å²) in [5, 5.41) is 37.6. The van der Waals surface area contributed by atoms with Gasteiger partial charge in [-0.2, -0.15) is 0 Å². The van der Waals surface area contributed by atoms with Crippen molar-refractivity contribution in [3.05, 3.63) is 94.1 Å². The average molecular weight is 752 g/mol. The molecule has 17 heteroatoms. The van der Waals surface area contributed by atoms with Crippen LogP contribution in [-0.2, 0) is 43.2 Å². The maximum atomic E-state index is 14.5. The van der Waals surface area contributed by atoms with Gasteiger partial charge in [0.15, 0.2) is 0 Å². The number of carboxylic acids is 1. The highest BCUT2D eigenvalue weighted by Crippen LogP contribution is 2.21. The third kappa shape index (κ3) is 12.8. The van der Waals surface area contributed by atoms with Crippen LogP contribution in [0.3, 0.4) is 0 Å². The van der Waals surface area contributed by atoms with E-state index in [1.165, 1.54) is 36.8 Å². The van der Waals surface area contributed by atoms with Crippen molar-refractivity contribution in [1.29, 1.82) is 0 Å². The molecule has 0 saturated carbocycles. The number of aliphatic hydroxyl groups excluding tert-OH is 1. The summed E-state index contributed by atoms with van der Waals surface area (Å²) in [6.45, 7) is 8.18. The summed E-state index contributed by atoms with van der Waals surface area (Å²) in [6.07, 6.45) is -0.479. The van der Waals surface area contributed by atoms with E-state index in [0.717, 1.165) is 0 Å². The molecule has 7 N–H and O–H groups in total. The molecule has 1 aromatic heterocycles. The summed E-state index contributed by atoms with van der Waals surface area (Å²) < 4.78 is 5.38. The number of hydrogen-bond donors (Lipinski definition) is 6. The van der Waals surface area contributed by atoms with E-state index in [1.54, 1.807) is 65.0 Å². The Morgan fingerprint density at radius 1 is 0.981 bits per heavy atom. The van der Waals surface area contributed by atoms with Crippen LogP contribution in [0.15, 0.2) is 67.1 Å². The Morgan fingerprint density at radius 3 is 2.15 bits per heavy atom. The van der Waals surface area contributed by atoms with Crippen LogP contribution in [0.4, 0.5) is 10.5 Å². The van der Waals surface area contributed by atoms with Crippen molar-refractivity contribution >= 4 is 35.5 Å². The number of aliphatic hydroxyl groups is 1. The lowest BCUT2D eigenvalue weighted by atomic mass is 9.94. The number of aliphatic carboxylic acids is 1. The second-order valence-electron chi connectivity index (χ2n) is 14.0. The number of benzene rings is 2. The van der Waals surface area contributed by atoms with Crippen molar-refractivity contribution in [3.63, 3.8) is 0 Å². The van der Waals surface area contributed by atoms with Crippen LogP contribution in [0.1, 0.15) is 64.3 Å². The van der Waals surface area contributed by atoms with Gasteiger partial charge in [0, 0.05) is 37.2 Å². The largest absolute Gasteiger partial charge is 0.480 e. The van der Waals surface area contributed by atoms with Crippen molar-refractivity contribution in [1.82, 2.24) is 25.5 Å². The number of alkyl carbamates (subject to hydrolysis) is 1. The van der Waals surface area contributed by atoms with Crippen LogP contribution in [0.5, 0.6) is 0 Å². The fraction of sp³-hybridized carbons (Fsp3) is 0.459. The van der Waals surface area contributed by atoms with Gasteiger partial charge in [-0.3, -0.25) is 29.4 Å². The van der Waals surface area contributed by atoms with E-state index in [4.69, 9.17) is 10.5 Å². The number of nitrogens with two attached hydrogens (primary N) is 1. The zero-order valence-electron chi connectivity index (χ0n) is 30.9. The standard InChI is InChI=1S/C37H49N7O10/c1-6-22(2)32(35(49)50)43(31(46)19-30(45)27(38)16-24-12-14-26(15-13-24)44(52)53)34(48)29(18-25-20-39-21-40-25)41-33(47)28(17-23-10-8-7-9-11-23)42-36(51)54-37(3,4)5/h7-15,20-22,27-30,32,45H,6,16-19,38H2,1-5H3,(H,39,40)(H,41,47)(H,42,51)(H,49,50)/t22-,27+,28+,29+,30?,32+/m1/s1. The van der Waals surface area contributed by atoms with Gasteiger partial charge in [0.1, 0.15) is 23.7 Å². The fourth-order valence-electron chi connectivity index (χ4n) is 5.60. The predicted molar refractivity (Wildman–Crippen MR) is 196 cm³/mol. The molecule has 0 saturated heterocycles. The van der Waals surface area contributed by atoms with Crippen LogP contribution < -0.4 is 16.4 Å². The Hall–Kier alpha value is -5.68. The quantitative estimate of drug-likeness (QED) is 0.0810. The number of imidazole rings is 1. The number of aromatic nitrogens is 2. The van der Waals surface area contributed by atoms with Gasteiger partial charge in [-0.25, -0.2) is 14.6 Å². The minimum Gasteiger partial charge on any atom is -0.480 e. The van der Waals surface area contributed by atoms with E-state index in [1.807, 2.05) is 0 Å². The van der Waals surface area contributed by atoms with Gasteiger partial charge < -0.3 is 36.3 Å². The second-order valence-corrected chi connectivity index (χ2v) is 14.0. The third-order valence-corrected chi connectivity index (χ3v) is 8.59. The van der Waals surface area contributed by atoms with E-state index in [0.29, 0.717) is 21.7 Å². The number of nitro groups is 1. The number of carboxylic acid groups (broad SMARTS) is 1. The first-order chi connectivity index (χ1) is 25.4. The molecule has 0 aliphatic heterocycles. The van der Waals surface area contributed by atoms with Crippen molar-refractivity contribution in [3.8, 4) is 0 Å². The van der Waals surface area contributed by atoms with Gasteiger partial charge in [0.2, 0.25) is 11.8 Å². The molecule has 292 valence electrons. The van der Waals surface area contributed by atoms with Gasteiger partial charge >= 0.3 is 12.1 Å². The topological polar surface area (TPSA) is 260 Å². The first-order valence-electron chi connectivity index (χ1n) is 17.5. The number of nitro benzene ring substituents is 1. The maximum Gasteiger partial charge on any atom is 0.408 e. The molecule has 0 aliphatic rings. The Labute approximate surface area is 312 Å². The summed E-state index contributed by atoms with van der Waals surface area (Å²) in [5.74, 6) is -5.23. The number of amides is 4. The van der Waals surface area contributed by atoms with Crippen LogP contribution in [0.2, 0.25) is 0 Å². The van der Waals surface area contributed by atoms with Crippen LogP contribution >= 0.6 is 0 Å². The molecule has 2 aromatic carbocycles. The number of rotatable bonds is 18. The number of nitrogens with zero attached hydrogens (tertiary/aromatic N) is 3. The van der Waals surface area contributed by atoms with E-state index in [9.17, 15) is 44.3 Å². The highest BCUT2D eigenvalue weighted by molar-refractivity contribution is 6.03. The van der Waals surface area contributed by atoms with Crippen LogP contribution in [0, 0.1) is 16.0 Å². The molecule has 17 nitrogen and oxygen atoms in total. The second kappa shape index (κ2) is 19.4. The SMILES string of the molecule is CC[C@@H](C)[C@@H](C(=O)O)N(C(=O)CC(O)[C@@H](N)Cc1ccc([N+](=O)[O-])cc1)C(=O)[C@H](Cc1c[nH]cn1)NC(=O)[C@H](Cc1ccccc1)NC(=O)OC(C)(C)C. The summed E-state index contributed by atoms with van der Waals surface area (Å²) in [4.78, 5) is 86.1. The molecule has 3 aromatic rings. The molecular formula is C37H49N7O10. The lowest BCUT2D eigenvalue weighted by Crippen LogP contribution is -2.61. The third-order valence-electron chi connectivity index (χ3n) is 8.59. The molecule has 0 radical (unpaired) electrons. The van der Waals surface area contributed by atoms with E-state index >= 15 is 0 Å². The van der Waals surface area contributed by atoms with Gasteiger partial charge in [-0.15, -0.1) is 0 Å². The highest BCUT2D eigenvalue weighted by Gasteiger charge is 2.42. The lowest BCUT2D eigenvalue weighted by molar-refractivity contribution is -0.384.